The highest BCUT2D eigenvalue weighted by Crippen LogP contribution is 2.22. The van der Waals surface area contributed by atoms with Gasteiger partial charge < -0.3 is 14.8 Å². The molecule has 2 unspecified atom stereocenters. The summed E-state index contributed by atoms with van der Waals surface area (Å²) in [5, 5.41) is 12.0. The van der Waals surface area contributed by atoms with Crippen LogP contribution in [0, 0.1) is 11.3 Å². The van der Waals surface area contributed by atoms with E-state index >= 15 is 0 Å². The summed E-state index contributed by atoms with van der Waals surface area (Å²) < 4.78 is 10.7. The first-order valence-electron chi connectivity index (χ1n) is 6.68. The monoisotopic (exact) mass is 260 g/mol. The maximum atomic E-state index is 8.44. The van der Waals surface area contributed by atoms with Crippen LogP contribution in [-0.4, -0.2) is 25.9 Å². The third-order valence-corrected chi connectivity index (χ3v) is 3.55. The van der Waals surface area contributed by atoms with Crippen LogP contribution in [0.3, 0.4) is 0 Å². The van der Waals surface area contributed by atoms with Crippen LogP contribution >= 0.6 is 0 Å². The van der Waals surface area contributed by atoms with Gasteiger partial charge in [0.1, 0.15) is 11.8 Å². The number of nitriles is 1. The van der Waals surface area contributed by atoms with Crippen molar-refractivity contribution in [2.24, 2.45) is 0 Å². The zero-order chi connectivity index (χ0) is 13.5. The van der Waals surface area contributed by atoms with Crippen LogP contribution in [0.25, 0.3) is 0 Å². The Morgan fingerprint density at radius 1 is 1.32 bits per heavy atom. The highest BCUT2D eigenvalue weighted by atomic mass is 16.5. The van der Waals surface area contributed by atoms with Crippen molar-refractivity contribution < 1.29 is 9.47 Å². The average Bonchev–Trinajstić information content (AvgIpc) is 2.91. The fourth-order valence-corrected chi connectivity index (χ4v) is 2.51. The van der Waals surface area contributed by atoms with Crippen molar-refractivity contribution in [1.82, 2.24) is 5.32 Å². The van der Waals surface area contributed by atoms with Gasteiger partial charge in [-0.1, -0.05) is 12.1 Å². The molecule has 4 nitrogen and oxygen atoms in total. The van der Waals surface area contributed by atoms with Crippen molar-refractivity contribution in [3.05, 3.63) is 29.8 Å². The van der Waals surface area contributed by atoms with Gasteiger partial charge in [-0.25, -0.2) is 0 Å². The van der Waals surface area contributed by atoms with Gasteiger partial charge >= 0.3 is 0 Å². The van der Waals surface area contributed by atoms with Crippen molar-refractivity contribution in [3.8, 4) is 11.8 Å². The second-order valence-corrected chi connectivity index (χ2v) is 4.78. The molecule has 19 heavy (non-hydrogen) atoms. The normalized spacial score (nSPS) is 22.1. The molecule has 1 aromatic rings. The number of benzene rings is 1. The van der Waals surface area contributed by atoms with E-state index in [0.29, 0.717) is 12.1 Å². The summed E-state index contributed by atoms with van der Waals surface area (Å²) in [6.07, 6.45) is 3.91. The van der Waals surface area contributed by atoms with Crippen LogP contribution in [-0.2, 0) is 11.3 Å². The molecule has 2 atom stereocenters. The molecule has 0 aliphatic heterocycles. The fourth-order valence-electron chi connectivity index (χ4n) is 2.51. The fraction of sp³-hybridized carbons (Fsp3) is 0.533. The number of rotatable bonds is 6. The first-order valence-corrected chi connectivity index (χ1v) is 6.68. The lowest BCUT2D eigenvalue weighted by Gasteiger charge is -2.19. The van der Waals surface area contributed by atoms with Crippen molar-refractivity contribution >= 4 is 0 Å². The minimum Gasteiger partial charge on any atom is -0.479 e. The molecule has 2 rings (SSSR count). The smallest absolute Gasteiger partial charge is 0.174 e. The van der Waals surface area contributed by atoms with Crippen LogP contribution in [0.15, 0.2) is 24.3 Å². The lowest BCUT2D eigenvalue weighted by atomic mass is 10.1. The molecule has 1 N–H and O–H groups in total. The van der Waals surface area contributed by atoms with Gasteiger partial charge in [0, 0.05) is 19.7 Å². The molecule has 0 radical (unpaired) electrons. The highest BCUT2D eigenvalue weighted by Gasteiger charge is 2.26. The predicted octanol–water partition coefficient (Wildman–Crippen LogP) is 2.25. The van der Waals surface area contributed by atoms with Crippen molar-refractivity contribution in [2.45, 2.75) is 38.0 Å². The van der Waals surface area contributed by atoms with E-state index in [1.165, 1.54) is 18.4 Å². The molecular weight excluding hydrogens is 240 g/mol. The first kappa shape index (κ1) is 13.9. The zero-order valence-corrected chi connectivity index (χ0v) is 11.3. The molecule has 0 heterocycles. The van der Waals surface area contributed by atoms with E-state index in [-0.39, 0.29) is 6.61 Å². The molecule has 0 saturated heterocycles. The maximum Gasteiger partial charge on any atom is 0.174 e. The van der Waals surface area contributed by atoms with Crippen LogP contribution in [0.1, 0.15) is 24.8 Å². The predicted molar refractivity (Wildman–Crippen MR) is 72.8 cm³/mol. The van der Waals surface area contributed by atoms with Crippen molar-refractivity contribution in [1.29, 1.82) is 5.26 Å². The van der Waals surface area contributed by atoms with Crippen LogP contribution in [0.5, 0.6) is 5.75 Å². The zero-order valence-electron chi connectivity index (χ0n) is 11.3. The van der Waals surface area contributed by atoms with Crippen LogP contribution < -0.4 is 10.1 Å². The molecule has 1 aliphatic rings. The van der Waals surface area contributed by atoms with E-state index in [4.69, 9.17) is 14.7 Å². The van der Waals surface area contributed by atoms with Crippen LogP contribution in [0.4, 0.5) is 0 Å². The molecule has 1 aliphatic carbocycles. The topological polar surface area (TPSA) is 54.3 Å². The number of nitrogens with zero attached hydrogens (tertiary/aromatic N) is 1. The van der Waals surface area contributed by atoms with E-state index in [2.05, 4.69) is 5.32 Å². The lowest BCUT2D eigenvalue weighted by Crippen LogP contribution is -2.36. The Balaban J connectivity index is 1.81. The van der Waals surface area contributed by atoms with Gasteiger partial charge in [0.2, 0.25) is 0 Å². The summed E-state index contributed by atoms with van der Waals surface area (Å²) in [6, 6.07) is 10.3. The molecule has 4 heteroatoms. The number of hydrogen-bond donors (Lipinski definition) is 1. The Kier molecular flexibility index (Phi) is 5.20. The van der Waals surface area contributed by atoms with E-state index < -0.39 is 0 Å². The summed E-state index contributed by atoms with van der Waals surface area (Å²) in [5.41, 5.74) is 1.21. The van der Waals surface area contributed by atoms with Crippen molar-refractivity contribution in [3.63, 3.8) is 0 Å². The summed E-state index contributed by atoms with van der Waals surface area (Å²) in [7, 11) is 1.78. The van der Waals surface area contributed by atoms with Crippen LogP contribution in [0.2, 0.25) is 0 Å². The van der Waals surface area contributed by atoms with Gasteiger partial charge in [-0.2, -0.15) is 5.26 Å². The quantitative estimate of drug-likeness (QED) is 0.852. The number of nitrogens with one attached hydrogen (secondary N) is 1. The van der Waals surface area contributed by atoms with Gasteiger partial charge in [-0.15, -0.1) is 0 Å². The molecular formula is C15H20N2O2. The Morgan fingerprint density at radius 3 is 2.79 bits per heavy atom. The second-order valence-electron chi connectivity index (χ2n) is 4.78. The Morgan fingerprint density at radius 2 is 2.11 bits per heavy atom. The SMILES string of the molecule is COC1CCCC1NCc1ccc(OCC#N)cc1. The number of hydrogen-bond acceptors (Lipinski definition) is 4. The average molecular weight is 260 g/mol. The summed E-state index contributed by atoms with van der Waals surface area (Å²) in [6.45, 7) is 0.929. The molecule has 0 amide bonds. The molecule has 0 spiro atoms. The first-order chi connectivity index (χ1) is 9.33. The van der Waals surface area contributed by atoms with E-state index in [1.54, 1.807) is 7.11 Å². The Labute approximate surface area is 114 Å². The van der Waals surface area contributed by atoms with Gasteiger partial charge in [0.05, 0.1) is 6.10 Å². The van der Waals surface area contributed by atoms with Gasteiger partial charge in [0.15, 0.2) is 6.61 Å². The summed E-state index contributed by atoms with van der Waals surface area (Å²) >= 11 is 0. The minimum absolute atomic E-state index is 0.0924. The van der Waals surface area contributed by atoms with E-state index in [9.17, 15) is 0 Å². The molecule has 1 fully saturated rings. The van der Waals surface area contributed by atoms with Crippen molar-refractivity contribution in [2.75, 3.05) is 13.7 Å². The highest BCUT2D eigenvalue weighted by molar-refractivity contribution is 5.27. The molecule has 1 aromatic carbocycles. The van der Waals surface area contributed by atoms with Gasteiger partial charge in [-0.05, 0) is 37.0 Å². The summed E-state index contributed by atoms with van der Waals surface area (Å²) in [5.74, 6) is 0.737. The maximum absolute atomic E-state index is 8.44. The minimum atomic E-state index is 0.0924. The molecule has 102 valence electrons. The third-order valence-electron chi connectivity index (χ3n) is 3.55. The second kappa shape index (κ2) is 7.13. The standard InChI is InChI=1S/C15H20N2O2/c1-18-15-4-2-3-14(15)17-11-12-5-7-13(8-6-12)19-10-9-16/h5-8,14-15,17H,2-4,10-11H2,1H3. The molecule has 0 aromatic heterocycles. The van der Waals surface area contributed by atoms with Gasteiger partial charge in [-0.3, -0.25) is 0 Å². The molecule has 1 saturated carbocycles. The lowest BCUT2D eigenvalue weighted by molar-refractivity contribution is 0.0847. The Hall–Kier alpha value is -1.57. The summed E-state index contributed by atoms with van der Waals surface area (Å²) in [4.78, 5) is 0. The number of ether oxygens (including phenoxy) is 2. The number of methoxy groups -OCH3 is 1. The molecule has 0 bridgehead atoms. The van der Waals surface area contributed by atoms with Gasteiger partial charge in [0.25, 0.3) is 0 Å². The third kappa shape index (κ3) is 3.95. The Bertz CT molecular complexity index is 425. The largest absolute Gasteiger partial charge is 0.479 e. The van der Waals surface area contributed by atoms with E-state index in [0.717, 1.165) is 18.7 Å². The van der Waals surface area contributed by atoms with E-state index in [1.807, 2.05) is 30.3 Å².